The summed E-state index contributed by atoms with van der Waals surface area (Å²) in [4.78, 5) is 2.55. The molecule has 1 N–H and O–H groups in total. The van der Waals surface area contributed by atoms with Crippen LogP contribution in [0.2, 0.25) is 0 Å². The maximum atomic E-state index is 9.14. The minimum Gasteiger partial charge on any atom is -0.317 e. The zero-order valence-corrected chi connectivity index (χ0v) is 10.7. The van der Waals surface area contributed by atoms with Crippen molar-refractivity contribution in [2.75, 3.05) is 32.7 Å². The Morgan fingerprint density at radius 2 is 1.65 bits per heavy atom. The monoisotopic (exact) mass is 233 g/mol. The molecule has 3 nitrogen and oxygen atoms in total. The first kappa shape index (κ1) is 11.5. The van der Waals surface area contributed by atoms with E-state index in [0.29, 0.717) is 5.41 Å². The lowest BCUT2D eigenvalue weighted by molar-refractivity contribution is 0.0673. The highest BCUT2D eigenvalue weighted by Crippen LogP contribution is 2.47. The average Bonchev–Trinajstić information content (AvgIpc) is 3.14. The molecule has 1 saturated carbocycles. The fourth-order valence-corrected chi connectivity index (χ4v) is 3.53. The van der Waals surface area contributed by atoms with Gasteiger partial charge in [0.1, 0.15) is 0 Å². The van der Waals surface area contributed by atoms with Crippen molar-refractivity contribution in [1.82, 2.24) is 10.2 Å². The van der Waals surface area contributed by atoms with E-state index in [-0.39, 0.29) is 5.41 Å². The van der Waals surface area contributed by atoms with Gasteiger partial charge in [-0.1, -0.05) is 0 Å². The van der Waals surface area contributed by atoms with E-state index in [1.54, 1.807) is 0 Å². The molecule has 2 heterocycles. The summed E-state index contributed by atoms with van der Waals surface area (Å²) in [6.07, 6.45) is 7.71. The van der Waals surface area contributed by atoms with Gasteiger partial charge in [0.15, 0.2) is 0 Å². The van der Waals surface area contributed by atoms with E-state index in [2.05, 4.69) is 16.3 Å². The van der Waals surface area contributed by atoms with Gasteiger partial charge in [-0.05, 0) is 70.1 Å². The second-order valence-electron chi connectivity index (χ2n) is 6.42. The third kappa shape index (κ3) is 2.34. The molecule has 0 radical (unpaired) electrons. The summed E-state index contributed by atoms with van der Waals surface area (Å²) in [5.74, 6) is 0. The van der Waals surface area contributed by atoms with Gasteiger partial charge in [-0.15, -0.1) is 0 Å². The van der Waals surface area contributed by atoms with Crippen LogP contribution in [0.15, 0.2) is 0 Å². The van der Waals surface area contributed by atoms with E-state index in [0.717, 1.165) is 19.4 Å². The first-order valence-electron chi connectivity index (χ1n) is 7.10. The minimum absolute atomic E-state index is 0.0542. The summed E-state index contributed by atoms with van der Waals surface area (Å²) in [5.41, 5.74) is 0.698. The van der Waals surface area contributed by atoms with Gasteiger partial charge < -0.3 is 10.2 Å². The Bertz CT molecular complexity index is 311. The molecule has 3 rings (SSSR count). The van der Waals surface area contributed by atoms with Crippen molar-refractivity contribution < 1.29 is 0 Å². The van der Waals surface area contributed by atoms with Crippen LogP contribution in [-0.2, 0) is 0 Å². The van der Waals surface area contributed by atoms with Crippen LogP contribution < -0.4 is 5.32 Å². The lowest BCUT2D eigenvalue weighted by atomic mass is 9.71. The quantitative estimate of drug-likeness (QED) is 0.790. The molecular formula is C14H23N3. The van der Waals surface area contributed by atoms with Gasteiger partial charge in [-0.25, -0.2) is 0 Å². The van der Waals surface area contributed by atoms with Gasteiger partial charge in [-0.2, -0.15) is 5.26 Å². The number of nitriles is 1. The van der Waals surface area contributed by atoms with Gasteiger partial charge in [0.25, 0.3) is 0 Å². The number of nitrogens with one attached hydrogen (secondary N) is 1. The van der Waals surface area contributed by atoms with Crippen molar-refractivity contribution in [2.24, 2.45) is 10.8 Å². The van der Waals surface area contributed by atoms with E-state index >= 15 is 0 Å². The zero-order valence-electron chi connectivity index (χ0n) is 10.7. The Labute approximate surface area is 104 Å². The predicted octanol–water partition coefficient (Wildman–Crippen LogP) is 1.76. The van der Waals surface area contributed by atoms with Crippen LogP contribution in [0.1, 0.15) is 38.5 Å². The van der Waals surface area contributed by atoms with Crippen molar-refractivity contribution in [3.05, 3.63) is 0 Å². The van der Waals surface area contributed by atoms with Gasteiger partial charge in [0, 0.05) is 6.54 Å². The zero-order chi connectivity index (χ0) is 11.8. The average molecular weight is 233 g/mol. The van der Waals surface area contributed by atoms with Gasteiger partial charge in [0.2, 0.25) is 0 Å². The van der Waals surface area contributed by atoms with Crippen LogP contribution in [0.5, 0.6) is 0 Å². The van der Waals surface area contributed by atoms with Gasteiger partial charge in [-0.3, -0.25) is 0 Å². The molecule has 2 aliphatic heterocycles. The molecule has 0 aromatic carbocycles. The number of hydrogen-bond acceptors (Lipinski definition) is 3. The highest BCUT2D eigenvalue weighted by Gasteiger charge is 2.45. The number of hydrogen-bond donors (Lipinski definition) is 1. The van der Waals surface area contributed by atoms with Crippen molar-refractivity contribution in [2.45, 2.75) is 38.5 Å². The molecule has 17 heavy (non-hydrogen) atoms. The normalized spacial score (nSPS) is 31.0. The second-order valence-corrected chi connectivity index (χ2v) is 6.42. The van der Waals surface area contributed by atoms with Crippen LogP contribution in [0.4, 0.5) is 0 Å². The Morgan fingerprint density at radius 1 is 1.00 bits per heavy atom. The summed E-state index contributed by atoms with van der Waals surface area (Å²) in [6, 6.07) is 2.52. The summed E-state index contributed by atoms with van der Waals surface area (Å²) in [7, 11) is 0. The summed E-state index contributed by atoms with van der Waals surface area (Å²) >= 11 is 0. The molecule has 3 fully saturated rings. The lowest BCUT2D eigenvalue weighted by Crippen LogP contribution is -2.46. The molecule has 3 aliphatic rings. The van der Waals surface area contributed by atoms with E-state index < -0.39 is 0 Å². The predicted molar refractivity (Wildman–Crippen MR) is 67.5 cm³/mol. The molecule has 0 aromatic heterocycles. The number of likely N-dealkylation sites (tertiary alicyclic amines) is 1. The van der Waals surface area contributed by atoms with Crippen LogP contribution >= 0.6 is 0 Å². The maximum Gasteiger partial charge on any atom is 0.0703 e. The van der Waals surface area contributed by atoms with Gasteiger partial charge in [0.05, 0.1) is 11.5 Å². The van der Waals surface area contributed by atoms with Crippen molar-refractivity contribution in [3.8, 4) is 6.07 Å². The highest BCUT2D eigenvalue weighted by molar-refractivity contribution is 5.11. The number of nitrogens with zero attached hydrogens (tertiary/aromatic N) is 2. The molecule has 0 bridgehead atoms. The Morgan fingerprint density at radius 3 is 2.18 bits per heavy atom. The maximum absolute atomic E-state index is 9.14. The van der Waals surface area contributed by atoms with Crippen LogP contribution in [0, 0.1) is 22.2 Å². The first-order valence-corrected chi connectivity index (χ1v) is 7.10. The molecule has 0 atom stereocenters. The summed E-state index contributed by atoms with van der Waals surface area (Å²) < 4.78 is 0. The highest BCUT2D eigenvalue weighted by atomic mass is 15.1. The summed E-state index contributed by atoms with van der Waals surface area (Å²) in [5, 5.41) is 12.6. The van der Waals surface area contributed by atoms with Crippen molar-refractivity contribution in [1.29, 1.82) is 5.26 Å². The molecular weight excluding hydrogens is 210 g/mol. The number of rotatable bonds is 2. The van der Waals surface area contributed by atoms with Gasteiger partial charge >= 0.3 is 0 Å². The third-order valence-electron chi connectivity index (χ3n) is 5.20. The SMILES string of the molecule is N#CC1(CN2CCC3(CCNCC3)CC2)CC1. The largest absolute Gasteiger partial charge is 0.317 e. The second kappa shape index (κ2) is 4.26. The van der Waals surface area contributed by atoms with E-state index in [4.69, 9.17) is 5.26 Å². The van der Waals surface area contributed by atoms with Crippen molar-refractivity contribution in [3.63, 3.8) is 0 Å². The van der Waals surface area contributed by atoms with Crippen LogP contribution in [0.25, 0.3) is 0 Å². The van der Waals surface area contributed by atoms with Crippen LogP contribution in [0.3, 0.4) is 0 Å². The van der Waals surface area contributed by atoms with Crippen molar-refractivity contribution >= 4 is 0 Å². The fourth-order valence-electron chi connectivity index (χ4n) is 3.53. The fraction of sp³-hybridized carbons (Fsp3) is 0.929. The standard InChI is InChI=1S/C14H23N3/c15-11-14(1-2-14)12-17-9-5-13(6-10-17)3-7-16-8-4-13/h16H,1-10,12H2. The Hall–Kier alpha value is -0.590. The Balaban J connectivity index is 1.52. The van der Waals surface area contributed by atoms with Crippen LogP contribution in [-0.4, -0.2) is 37.6 Å². The van der Waals surface area contributed by atoms with E-state index in [9.17, 15) is 0 Å². The molecule has 94 valence electrons. The summed E-state index contributed by atoms with van der Waals surface area (Å²) in [6.45, 7) is 5.91. The molecule has 1 spiro atoms. The molecule has 1 aliphatic carbocycles. The minimum atomic E-state index is 0.0542. The third-order valence-corrected chi connectivity index (χ3v) is 5.20. The molecule has 3 heteroatoms. The number of piperidine rings is 2. The first-order chi connectivity index (χ1) is 8.26. The smallest absolute Gasteiger partial charge is 0.0703 e. The Kier molecular flexibility index (Phi) is 2.88. The molecule has 0 aromatic rings. The molecule has 0 amide bonds. The lowest BCUT2D eigenvalue weighted by Gasteiger charge is -2.44. The molecule has 2 saturated heterocycles. The molecule has 0 unspecified atom stereocenters. The topological polar surface area (TPSA) is 39.1 Å². The van der Waals surface area contributed by atoms with E-state index in [1.807, 2.05) is 0 Å². The van der Waals surface area contributed by atoms with E-state index in [1.165, 1.54) is 51.9 Å².